The third-order valence-corrected chi connectivity index (χ3v) is 12.3. The fourth-order valence-electron chi connectivity index (χ4n) is 9.40. The van der Waals surface area contributed by atoms with Crippen molar-refractivity contribution in [1.29, 1.82) is 0 Å². The highest BCUT2D eigenvalue weighted by Crippen LogP contribution is 2.45. The molecule has 0 saturated heterocycles. The second kappa shape index (κ2) is 13.6. The van der Waals surface area contributed by atoms with Crippen LogP contribution in [0.15, 0.2) is 211 Å². The number of rotatable bonds is 5. The molecule has 13 aromatic rings. The molecule has 0 radical (unpaired) electrons. The van der Waals surface area contributed by atoms with E-state index in [2.05, 4.69) is 187 Å². The van der Waals surface area contributed by atoms with E-state index >= 15 is 0 Å². The number of hydrogen-bond acceptors (Lipinski definition) is 4. The van der Waals surface area contributed by atoms with E-state index in [-0.39, 0.29) is 0 Å². The van der Waals surface area contributed by atoms with Gasteiger partial charge in [0.15, 0.2) is 17.5 Å². The van der Waals surface area contributed by atoms with E-state index in [0.29, 0.717) is 17.5 Å². The Kier molecular flexibility index (Phi) is 7.54. The van der Waals surface area contributed by atoms with E-state index in [9.17, 15) is 0 Å². The molecule has 0 aliphatic carbocycles. The summed E-state index contributed by atoms with van der Waals surface area (Å²) in [5.41, 5.74) is 9.62. The number of nitrogens with zero attached hydrogens (tertiary/aromatic N) is 4. The van der Waals surface area contributed by atoms with Crippen molar-refractivity contribution >= 4 is 76.1 Å². The van der Waals surface area contributed by atoms with Gasteiger partial charge in [-0.15, -0.1) is 0 Å². The second-order valence-corrected chi connectivity index (χ2v) is 16.0. The van der Waals surface area contributed by atoms with Gasteiger partial charge in [-0.3, -0.25) is 0 Å². The van der Waals surface area contributed by atoms with Crippen LogP contribution in [0.3, 0.4) is 0 Å². The van der Waals surface area contributed by atoms with Gasteiger partial charge >= 0.3 is 0 Å². The SMILES string of the molecule is c1ccc(-c2cccc(-c3nc(-c4ccccc4)nc(-c4c(-n5c6cc7ccccc7cc6c6cc7ccccc7cc65)ccc5oc6cc7ccccc7cc6c45)n3)c2)cc1. The van der Waals surface area contributed by atoms with Crippen molar-refractivity contribution in [3.05, 3.63) is 206 Å². The minimum absolute atomic E-state index is 0.562. The normalized spacial score (nSPS) is 11.9. The van der Waals surface area contributed by atoms with Crippen LogP contribution in [-0.2, 0) is 0 Å². The van der Waals surface area contributed by atoms with Crippen molar-refractivity contribution in [3.8, 4) is 51.0 Å². The lowest BCUT2D eigenvalue weighted by Gasteiger charge is -2.16. The Balaban J connectivity index is 1.19. The fraction of sp³-hybridized carbons (Fsp3) is 0. The highest BCUT2D eigenvalue weighted by molar-refractivity contribution is 6.20. The summed E-state index contributed by atoms with van der Waals surface area (Å²) in [5, 5.41) is 11.3. The van der Waals surface area contributed by atoms with Crippen molar-refractivity contribution in [1.82, 2.24) is 19.5 Å². The first-order valence-corrected chi connectivity index (χ1v) is 20.9. The molecule has 3 heterocycles. The molecule has 5 heteroatoms. The monoisotopic (exact) mass is 790 g/mol. The van der Waals surface area contributed by atoms with Crippen LogP contribution in [-0.4, -0.2) is 19.5 Å². The number of fused-ring (bicyclic) bond motifs is 9. The molecular weight excluding hydrogens is 757 g/mol. The molecule has 62 heavy (non-hydrogen) atoms. The molecular formula is C57H34N4O. The zero-order valence-corrected chi connectivity index (χ0v) is 33.3. The lowest BCUT2D eigenvalue weighted by atomic mass is 10.00. The van der Waals surface area contributed by atoms with Gasteiger partial charge in [0.2, 0.25) is 0 Å². The average molecular weight is 791 g/mol. The Hall–Kier alpha value is -8.41. The Morgan fingerprint density at radius 1 is 0.323 bits per heavy atom. The molecule has 0 bridgehead atoms. The van der Waals surface area contributed by atoms with Crippen LogP contribution in [0.5, 0.6) is 0 Å². The van der Waals surface area contributed by atoms with Gasteiger partial charge in [0.25, 0.3) is 0 Å². The number of aromatic nitrogens is 4. The molecule has 288 valence electrons. The highest BCUT2D eigenvalue weighted by Gasteiger charge is 2.25. The highest BCUT2D eigenvalue weighted by atomic mass is 16.3. The number of benzene rings is 10. The van der Waals surface area contributed by atoms with E-state index in [1.54, 1.807) is 0 Å². The van der Waals surface area contributed by atoms with E-state index in [1.807, 2.05) is 24.3 Å². The first-order chi connectivity index (χ1) is 30.7. The molecule has 0 saturated carbocycles. The molecule has 0 spiro atoms. The van der Waals surface area contributed by atoms with Gasteiger partial charge in [-0.1, -0.05) is 152 Å². The summed E-state index contributed by atoms with van der Waals surface area (Å²) in [4.78, 5) is 16.1. The largest absolute Gasteiger partial charge is 0.456 e. The second-order valence-electron chi connectivity index (χ2n) is 16.0. The lowest BCUT2D eigenvalue weighted by molar-refractivity contribution is 0.669. The van der Waals surface area contributed by atoms with Crippen molar-refractivity contribution < 1.29 is 4.42 Å². The van der Waals surface area contributed by atoms with Crippen LogP contribution in [0.2, 0.25) is 0 Å². The van der Waals surface area contributed by atoms with E-state index in [4.69, 9.17) is 19.4 Å². The van der Waals surface area contributed by atoms with Crippen molar-refractivity contribution in [2.24, 2.45) is 0 Å². The van der Waals surface area contributed by atoms with Gasteiger partial charge in [0.1, 0.15) is 11.2 Å². The molecule has 0 unspecified atom stereocenters. The van der Waals surface area contributed by atoms with E-state index in [0.717, 1.165) is 77.2 Å². The van der Waals surface area contributed by atoms with Gasteiger partial charge < -0.3 is 8.98 Å². The molecule has 10 aromatic carbocycles. The standard InChI is InChI=1S/C57H34N4O/c1-3-14-35(15-4-1)37-24-13-25-44(28-37)56-58-55(36-16-5-2-6-17-36)59-57(60-56)54-48(26-27-51-53(54)47-31-40-20-9-12-23-43(40)34-52(47)62-51)61-49-32-41-21-10-7-18-38(41)29-45(49)46-30-39-19-8-11-22-42(39)33-50(46)61/h1-34H. The van der Waals surface area contributed by atoms with Crippen molar-refractivity contribution in [3.63, 3.8) is 0 Å². The fourth-order valence-corrected chi connectivity index (χ4v) is 9.40. The molecule has 13 rings (SSSR count). The summed E-state index contributed by atoms with van der Waals surface area (Å²) in [5.74, 6) is 1.75. The summed E-state index contributed by atoms with van der Waals surface area (Å²) in [6, 6.07) is 72.8. The summed E-state index contributed by atoms with van der Waals surface area (Å²) in [6.07, 6.45) is 0. The van der Waals surface area contributed by atoms with Gasteiger partial charge in [-0.25, -0.2) is 15.0 Å². The molecule has 0 N–H and O–H groups in total. The topological polar surface area (TPSA) is 56.7 Å². The zero-order valence-electron chi connectivity index (χ0n) is 33.3. The predicted octanol–water partition coefficient (Wildman–Crippen LogP) is 15.0. The van der Waals surface area contributed by atoms with Crippen LogP contribution in [0, 0.1) is 0 Å². The van der Waals surface area contributed by atoms with Crippen LogP contribution < -0.4 is 0 Å². The summed E-state index contributed by atoms with van der Waals surface area (Å²) in [7, 11) is 0. The Morgan fingerprint density at radius 2 is 0.790 bits per heavy atom. The lowest BCUT2D eigenvalue weighted by Crippen LogP contribution is -2.04. The van der Waals surface area contributed by atoms with E-state index in [1.165, 1.54) is 32.3 Å². The van der Waals surface area contributed by atoms with E-state index < -0.39 is 0 Å². The smallest absolute Gasteiger partial charge is 0.166 e. The van der Waals surface area contributed by atoms with Crippen LogP contribution in [0.1, 0.15) is 0 Å². The Bertz CT molecular complexity index is 3830. The maximum absolute atomic E-state index is 6.80. The first kappa shape index (κ1) is 34.5. The summed E-state index contributed by atoms with van der Waals surface area (Å²) in [6.45, 7) is 0. The van der Waals surface area contributed by atoms with Crippen LogP contribution >= 0.6 is 0 Å². The van der Waals surface area contributed by atoms with Gasteiger partial charge in [-0.05, 0) is 98.0 Å². The molecule has 5 nitrogen and oxygen atoms in total. The minimum atomic E-state index is 0.562. The number of hydrogen-bond donors (Lipinski definition) is 0. The van der Waals surface area contributed by atoms with Crippen LogP contribution in [0.25, 0.3) is 127 Å². The quantitative estimate of drug-likeness (QED) is 0.174. The Morgan fingerprint density at radius 3 is 1.40 bits per heavy atom. The van der Waals surface area contributed by atoms with Gasteiger partial charge in [0, 0.05) is 32.7 Å². The van der Waals surface area contributed by atoms with Crippen molar-refractivity contribution in [2.75, 3.05) is 0 Å². The van der Waals surface area contributed by atoms with Crippen LogP contribution in [0.4, 0.5) is 0 Å². The van der Waals surface area contributed by atoms with Gasteiger partial charge in [0.05, 0.1) is 22.3 Å². The maximum atomic E-state index is 6.80. The van der Waals surface area contributed by atoms with Crippen molar-refractivity contribution in [2.45, 2.75) is 0 Å². The molecule has 0 aliphatic rings. The molecule has 0 atom stereocenters. The maximum Gasteiger partial charge on any atom is 0.166 e. The minimum Gasteiger partial charge on any atom is -0.456 e. The summed E-state index contributed by atoms with van der Waals surface area (Å²) < 4.78 is 9.22. The van der Waals surface area contributed by atoms with Gasteiger partial charge in [-0.2, -0.15) is 0 Å². The first-order valence-electron chi connectivity index (χ1n) is 20.9. The Labute approximate surface area is 355 Å². The zero-order chi connectivity index (χ0) is 40.7. The molecule has 3 aromatic heterocycles. The third kappa shape index (κ3) is 5.45. The predicted molar refractivity (Wildman–Crippen MR) is 256 cm³/mol. The molecule has 0 amide bonds. The third-order valence-electron chi connectivity index (χ3n) is 12.3. The summed E-state index contributed by atoms with van der Waals surface area (Å²) >= 11 is 0. The molecule has 0 aliphatic heterocycles. The number of furan rings is 1. The average Bonchev–Trinajstić information content (AvgIpc) is 3.85. The molecule has 0 fully saturated rings.